The number of para-hydroxylation sites is 1. The highest BCUT2D eigenvalue weighted by molar-refractivity contribution is 5.46. The topological polar surface area (TPSA) is 64.9 Å². The van der Waals surface area contributed by atoms with E-state index in [1.54, 1.807) is 0 Å². The molecule has 112 valence electrons. The van der Waals surface area contributed by atoms with Crippen molar-refractivity contribution < 1.29 is 4.52 Å². The molecule has 2 unspecified atom stereocenters. The van der Waals surface area contributed by atoms with Crippen LogP contribution in [-0.2, 0) is 12.8 Å². The molecule has 2 N–H and O–H groups in total. The van der Waals surface area contributed by atoms with Crippen molar-refractivity contribution in [2.24, 2.45) is 5.92 Å². The summed E-state index contributed by atoms with van der Waals surface area (Å²) >= 11 is 0. The minimum absolute atomic E-state index is 0.495. The summed E-state index contributed by atoms with van der Waals surface area (Å²) in [7, 11) is 0. The minimum Gasteiger partial charge on any atom is -0.399 e. The average Bonchev–Trinajstić information content (AvgIpc) is 3.15. The first-order valence-corrected chi connectivity index (χ1v) is 7.92. The van der Waals surface area contributed by atoms with Crippen molar-refractivity contribution in [2.75, 3.05) is 5.73 Å². The zero-order valence-corrected chi connectivity index (χ0v) is 12.6. The lowest BCUT2D eigenvalue weighted by Crippen LogP contribution is -1.99. The number of rotatable bonds is 5. The SMILES string of the molecule is CCC1CCC(c2noc(CCc3ccccc3N)n2)C1. The first kappa shape index (κ1) is 14.1. The Morgan fingerprint density at radius 3 is 2.86 bits per heavy atom. The quantitative estimate of drug-likeness (QED) is 0.850. The first-order valence-electron chi connectivity index (χ1n) is 7.92. The molecule has 0 aliphatic heterocycles. The molecule has 0 radical (unpaired) electrons. The Labute approximate surface area is 125 Å². The van der Waals surface area contributed by atoms with E-state index in [9.17, 15) is 0 Å². The lowest BCUT2D eigenvalue weighted by atomic mass is 10.0. The monoisotopic (exact) mass is 285 g/mol. The van der Waals surface area contributed by atoms with Crippen LogP contribution < -0.4 is 5.73 Å². The molecule has 1 aliphatic carbocycles. The number of nitrogen functional groups attached to an aromatic ring is 1. The van der Waals surface area contributed by atoms with Crippen LogP contribution in [0.15, 0.2) is 28.8 Å². The predicted octanol–water partition coefficient (Wildman–Crippen LogP) is 3.73. The Kier molecular flexibility index (Phi) is 4.23. The molecule has 1 saturated carbocycles. The molecule has 4 heteroatoms. The largest absolute Gasteiger partial charge is 0.399 e. The van der Waals surface area contributed by atoms with E-state index in [-0.39, 0.29) is 0 Å². The fraction of sp³-hybridized carbons (Fsp3) is 0.529. The van der Waals surface area contributed by atoms with Gasteiger partial charge in [0.2, 0.25) is 5.89 Å². The average molecular weight is 285 g/mol. The number of hydrogen-bond acceptors (Lipinski definition) is 4. The molecule has 0 bridgehead atoms. The van der Waals surface area contributed by atoms with Crippen LogP contribution in [0.2, 0.25) is 0 Å². The molecule has 1 fully saturated rings. The number of nitrogens with zero attached hydrogens (tertiary/aromatic N) is 2. The molecule has 1 aromatic carbocycles. The summed E-state index contributed by atoms with van der Waals surface area (Å²) < 4.78 is 5.41. The first-order chi connectivity index (χ1) is 10.3. The molecule has 1 heterocycles. The standard InChI is InChI=1S/C17H23N3O/c1-2-12-7-8-14(11-12)17-19-16(21-20-17)10-9-13-5-3-4-6-15(13)18/h3-6,12,14H,2,7-11,18H2,1H3. The molecule has 2 aromatic rings. The van der Waals surface area contributed by atoms with Gasteiger partial charge in [-0.1, -0.05) is 36.7 Å². The maximum absolute atomic E-state index is 5.95. The third-order valence-corrected chi connectivity index (χ3v) is 4.63. The van der Waals surface area contributed by atoms with Crippen molar-refractivity contribution in [3.63, 3.8) is 0 Å². The fourth-order valence-corrected chi connectivity index (χ4v) is 3.22. The fourth-order valence-electron chi connectivity index (χ4n) is 3.22. The van der Waals surface area contributed by atoms with Gasteiger partial charge in [0.1, 0.15) is 0 Å². The van der Waals surface area contributed by atoms with Crippen LogP contribution in [0.4, 0.5) is 5.69 Å². The van der Waals surface area contributed by atoms with E-state index in [0.29, 0.717) is 5.92 Å². The van der Waals surface area contributed by atoms with Crippen LogP contribution in [0.25, 0.3) is 0 Å². The highest BCUT2D eigenvalue weighted by atomic mass is 16.5. The van der Waals surface area contributed by atoms with Crippen molar-refractivity contribution in [1.82, 2.24) is 10.1 Å². The highest BCUT2D eigenvalue weighted by Gasteiger charge is 2.28. The van der Waals surface area contributed by atoms with Gasteiger partial charge in [0.25, 0.3) is 0 Å². The van der Waals surface area contributed by atoms with E-state index in [1.165, 1.54) is 25.7 Å². The van der Waals surface area contributed by atoms with Crippen molar-refractivity contribution in [1.29, 1.82) is 0 Å². The van der Waals surface area contributed by atoms with E-state index in [0.717, 1.165) is 41.7 Å². The van der Waals surface area contributed by atoms with Crippen LogP contribution in [0.5, 0.6) is 0 Å². The molecular weight excluding hydrogens is 262 g/mol. The van der Waals surface area contributed by atoms with Crippen molar-refractivity contribution in [2.45, 2.75) is 51.4 Å². The zero-order chi connectivity index (χ0) is 14.7. The summed E-state index contributed by atoms with van der Waals surface area (Å²) in [4.78, 5) is 4.59. The van der Waals surface area contributed by atoms with E-state index < -0.39 is 0 Å². The zero-order valence-electron chi connectivity index (χ0n) is 12.6. The second-order valence-corrected chi connectivity index (χ2v) is 6.03. The molecule has 0 amide bonds. The van der Waals surface area contributed by atoms with Gasteiger partial charge < -0.3 is 10.3 Å². The van der Waals surface area contributed by atoms with Crippen molar-refractivity contribution >= 4 is 5.69 Å². The Morgan fingerprint density at radius 1 is 1.24 bits per heavy atom. The molecule has 0 saturated heterocycles. The second-order valence-electron chi connectivity index (χ2n) is 6.03. The predicted molar refractivity (Wildman–Crippen MR) is 82.9 cm³/mol. The number of benzene rings is 1. The smallest absolute Gasteiger partial charge is 0.226 e. The molecule has 1 aromatic heterocycles. The lowest BCUT2D eigenvalue weighted by molar-refractivity contribution is 0.369. The highest BCUT2D eigenvalue weighted by Crippen LogP contribution is 2.38. The van der Waals surface area contributed by atoms with E-state index >= 15 is 0 Å². The Balaban J connectivity index is 1.60. The Hall–Kier alpha value is -1.84. The van der Waals surface area contributed by atoms with E-state index in [1.807, 2.05) is 18.2 Å². The molecule has 2 atom stereocenters. The van der Waals surface area contributed by atoms with Gasteiger partial charge in [-0.05, 0) is 43.2 Å². The van der Waals surface area contributed by atoms with Gasteiger partial charge in [-0.2, -0.15) is 4.98 Å². The maximum Gasteiger partial charge on any atom is 0.226 e. The molecular formula is C17H23N3O. The Morgan fingerprint density at radius 2 is 2.10 bits per heavy atom. The molecule has 0 spiro atoms. The normalized spacial score (nSPS) is 21.8. The number of anilines is 1. The van der Waals surface area contributed by atoms with Crippen molar-refractivity contribution in [3.05, 3.63) is 41.5 Å². The Bertz CT molecular complexity index is 593. The van der Waals surface area contributed by atoms with Gasteiger partial charge >= 0.3 is 0 Å². The number of aromatic nitrogens is 2. The maximum atomic E-state index is 5.95. The van der Waals surface area contributed by atoms with Gasteiger partial charge in [-0.25, -0.2) is 0 Å². The van der Waals surface area contributed by atoms with Gasteiger partial charge in [-0.15, -0.1) is 0 Å². The number of hydrogen-bond donors (Lipinski definition) is 1. The lowest BCUT2D eigenvalue weighted by Gasteiger charge is -2.04. The van der Waals surface area contributed by atoms with Crippen molar-refractivity contribution in [3.8, 4) is 0 Å². The minimum atomic E-state index is 0.495. The van der Waals surface area contributed by atoms with Crippen LogP contribution in [0.3, 0.4) is 0 Å². The summed E-state index contributed by atoms with van der Waals surface area (Å²) in [6, 6.07) is 7.94. The molecule has 3 rings (SSSR count). The summed E-state index contributed by atoms with van der Waals surface area (Å²) in [6.45, 7) is 2.26. The van der Waals surface area contributed by atoms with Crippen LogP contribution in [0, 0.1) is 5.92 Å². The van der Waals surface area contributed by atoms with Gasteiger partial charge in [0.05, 0.1) is 0 Å². The van der Waals surface area contributed by atoms with Crippen LogP contribution in [-0.4, -0.2) is 10.1 Å². The second kappa shape index (κ2) is 6.29. The summed E-state index contributed by atoms with van der Waals surface area (Å²) in [5.74, 6) is 2.96. The summed E-state index contributed by atoms with van der Waals surface area (Å²) in [6.07, 6.45) is 6.56. The molecule has 21 heavy (non-hydrogen) atoms. The van der Waals surface area contributed by atoms with Crippen LogP contribution in [0.1, 0.15) is 55.8 Å². The van der Waals surface area contributed by atoms with E-state index in [4.69, 9.17) is 10.3 Å². The van der Waals surface area contributed by atoms with Gasteiger partial charge in [0.15, 0.2) is 5.82 Å². The van der Waals surface area contributed by atoms with Gasteiger partial charge in [-0.3, -0.25) is 0 Å². The number of aryl methyl sites for hydroxylation is 2. The van der Waals surface area contributed by atoms with E-state index in [2.05, 4.69) is 23.1 Å². The summed E-state index contributed by atoms with van der Waals surface area (Å²) in [5.41, 5.74) is 7.93. The molecule has 1 aliphatic rings. The number of nitrogens with two attached hydrogens (primary N) is 1. The molecule has 4 nitrogen and oxygen atoms in total. The summed E-state index contributed by atoms with van der Waals surface area (Å²) in [5, 5.41) is 4.18. The van der Waals surface area contributed by atoms with Gasteiger partial charge in [0, 0.05) is 18.0 Å². The third-order valence-electron chi connectivity index (χ3n) is 4.63. The third kappa shape index (κ3) is 3.26. The van der Waals surface area contributed by atoms with Crippen LogP contribution >= 0.6 is 0 Å².